The van der Waals surface area contributed by atoms with Gasteiger partial charge in [-0.25, -0.2) is 4.98 Å². The topological polar surface area (TPSA) is 62.4 Å². The lowest BCUT2D eigenvalue weighted by atomic mass is 10.2. The average molecular weight is 399 g/mol. The van der Waals surface area contributed by atoms with Crippen LogP contribution >= 0.6 is 23.4 Å². The van der Waals surface area contributed by atoms with Gasteiger partial charge in [0.15, 0.2) is 5.16 Å². The summed E-state index contributed by atoms with van der Waals surface area (Å²) in [5.74, 6) is 0. The molecular weight excluding hydrogens is 372 g/mol. The number of piperazine rings is 1. The average Bonchev–Trinajstić information content (AvgIpc) is 3.05. The fourth-order valence-corrected chi connectivity index (χ4v) is 4.22. The van der Waals surface area contributed by atoms with Crippen LogP contribution in [0.3, 0.4) is 0 Å². The van der Waals surface area contributed by atoms with Crippen LogP contribution in [0, 0.1) is 0 Å². The van der Waals surface area contributed by atoms with E-state index in [-0.39, 0.29) is 5.25 Å². The fraction of sp³-hybridized carbons (Fsp3) is 0.611. The first-order chi connectivity index (χ1) is 12.7. The minimum Gasteiger partial charge on any atom is -0.380 e. The Balaban J connectivity index is 1.76. The lowest BCUT2D eigenvalue weighted by Crippen LogP contribution is -2.43. The summed E-state index contributed by atoms with van der Waals surface area (Å²) in [6, 6.07) is 4.06. The summed E-state index contributed by atoms with van der Waals surface area (Å²) in [5, 5.41) is 5.21. The molecule has 3 rings (SSSR count). The Morgan fingerprint density at radius 2 is 1.88 bits per heavy atom. The number of nitrogens with one attached hydrogen (secondary N) is 2. The molecule has 0 bridgehead atoms. The summed E-state index contributed by atoms with van der Waals surface area (Å²) in [6.45, 7) is 10.6. The first kappa shape index (κ1) is 19.8. The number of nitrogens with zero attached hydrogens (tertiary/aromatic N) is 2. The van der Waals surface area contributed by atoms with Gasteiger partial charge in [0, 0.05) is 39.4 Å². The third-order valence-corrected chi connectivity index (χ3v) is 5.61. The van der Waals surface area contributed by atoms with Crippen LogP contribution in [0.5, 0.6) is 0 Å². The van der Waals surface area contributed by atoms with Gasteiger partial charge in [-0.1, -0.05) is 23.4 Å². The van der Waals surface area contributed by atoms with Crippen LogP contribution in [0.15, 0.2) is 17.3 Å². The first-order valence-corrected chi connectivity index (χ1v) is 10.4. The molecule has 2 aromatic rings. The minimum atomic E-state index is 0.207. The van der Waals surface area contributed by atoms with E-state index in [1.807, 2.05) is 19.9 Å². The van der Waals surface area contributed by atoms with Crippen molar-refractivity contribution in [2.75, 3.05) is 57.5 Å². The third kappa shape index (κ3) is 5.04. The Morgan fingerprint density at radius 3 is 2.54 bits per heavy atom. The molecule has 0 spiro atoms. The van der Waals surface area contributed by atoms with E-state index in [1.165, 1.54) is 0 Å². The quantitative estimate of drug-likeness (QED) is 0.632. The van der Waals surface area contributed by atoms with Gasteiger partial charge in [0.25, 0.3) is 0 Å². The van der Waals surface area contributed by atoms with Crippen molar-refractivity contribution in [1.82, 2.24) is 15.3 Å². The maximum atomic E-state index is 6.53. The highest BCUT2D eigenvalue weighted by Crippen LogP contribution is 2.32. The standard InChI is InChI=1S/C18H27ClN4O2S/c1-3-24-11-13(12-25-4-2)26-18-21-15-9-14(19)17(10-16(15)22-18)23-7-5-20-6-8-23/h9-10,13,20H,3-8,11-12H2,1-2H3,(H,21,22). The van der Waals surface area contributed by atoms with Gasteiger partial charge in [-0.3, -0.25) is 0 Å². The number of hydrogen-bond donors (Lipinski definition) is 2. The Hall–Kier alpha value is -0.990. The second kappa shape index (κ2) is 9.80. The van der Waals surface area contributed by atoms with Gasteiger partial charge in [-0.2, -0.15) is 0 Å². The van der Waals surface area contributed by atoms with Gasteiger partial charge < -0.3 is 24.7 Å². The van der Waals surface area contributed by atoms with Crippen molar-refractivity contribution in [3.63, 3.8) is 0 Å². The van der Waals surface area contributed by atoms with Crippen molar-refractivity contribution in [3.8, 4) is 0 Å². The van der Waals surface area contributed by atoms with Crippen molar-refractivity contribution in [1.29, 1.82) is 0 Å². The second-order valence-electron chi connectivity index (χ2n) is 6.16. The molecule has 1 saturated heterocycles. The van der Waals surface area contributed by atoms with E-state index in [0.717, 1.165) is 53.1 Å². The van der Waals surface area contributed by atoms with Crippen LogP contribution in [0.1, 0.15) is 13.8 Å². The van der Waals surface area contributed by atoms with E-state index < -0.39 is 0 Å². The van der Waals surface area contributed by atoms with E-state index in [4.69, 9.17) is 26.1 Å². The van der Waals surface area contributed by atoms with Crippen LogP contribution in [0.4, 0.5) is 5.69 Å². The van der Waals surface area contributed by atoms with Crippen LogP contribution in [-0.4, -0.2) is 67.8 Å². The van der Waals surface area contributed by atoms with Gasteiger partial charge >= 0.3 is 0 Å². The number of benzene rings is 1. The molecule has 0 saturated carbocycles. The van der Waals surface area contributed by atoms with Gasteiger partial charge in [0.05, 0.1) is 40.2 Å². The molecular formula is C18H27ClN4O2S. The first-order valence-electron chi connectivity index (χ1n) is 9.18. The highest BCUT2D eigenvalue weighted by molar-refractivity contribution is 7.99. The fourth-order valence-electron chi connectivity index (χ4n) is 2.97. The monoisotopic (exact) mass is 398 g/mol. The summed E-state index contributed by atoms with van der Waals surface area (Å²) in [7, 11) is 0. The molecule has 0 amide bonds. The van der Waals surface area contributed by atoms with E-state index in [9.17, 15) is 0 Å². The molecule has 0 aliphatic carbocycles. The van der Waals surface area contributed by atoms with Crippen molar-refractivity contribution in [2.45, 2.75) is 24.3 Å². The normalized spacial score (nSPS) is 15.3. The molecule has 0 radical (unpaired) electrons. The predicted molar refractivity (Wildman–Crippen MR) is 109 cm³/mol. The zero-order valence-corrected chi connectivity index (χ0v) is 17.0. The molecule has 1 aliphatic rings. The van der Waals surface area contributed by atoms with E-state index in [0.29, 0.717) is 26.4 Å². The number of halogens is 1. The van der Waals surface area contributed by atoms with Crippen LogP contribution in [0.25, 0.3) is 11.0 Å². The molecule has 2 N–H and O–H groups in total. The number of imidazole rings is 1. The zero-order chi connectivity index (χ0) is 18.4. The highest BCUT2D eigenvalue weighted by atomic mass is 35.5. The summed E-state index contributed by atoms with van der Waals surface area (Å²) < 4.78 is 11.2. The van der Waals surface area contributed by atoms with Gasteiger partial charge in [-0.15, -0.1) is 0 Å². The molecule has 1 aliphatic heterocycles. The number of rotatable bonds is 9. The van der Waals surface area contributed by atoms with Crippen LogP contribution < -0.4 is 10.2 Å². The molecule has 0 unspecified atom stereocenters. The summed E-state index contributed by atoms with van der Waals surface area (Å²) in [4.78, 5) is 10.4. The van der Waals surface area contributed by atoms with Crippen molar-refractivity contribution >= 4 is 40.1 Å². The smallest absolute Gasteiger partial charge is 0.166 e. The largest absolute Gasteiger partial charge is 0.380 e. The van der Waals surface area contributed by atoms with Gasteiger partial charge in [-0.05, 0) is 26.0 Å². The minimum absolute atomic E-state index is 0.207. The van der Waals surface area contributed by atoms with E-state index >= 15 is 0 Å². The highest BCUT2D eigenvalue weighted by Gasteiger charge is 2.18. The number of aromatic nitrogens is 2. The Kier molecular flexibility index (Phi) is 7.45. The summed E-state index contributed by atoms with van der Waals surface area (Å²) in [5.41, 5.74) is 2.96. The molecule has 1 aromatic carbocycles. The SMILES string of the molecule is CCOCC(COCC)Sc1nc2cc(N3CCNCC3)c(Cl)cc2[nH]1. The number of hydrogen-bond acceptors (Lipinski definition) is 6. The number of H-pyrrole nitrogens is 1. The molecule has 0 atom stereocenters. The molecule has 1 aromatic heterocycles. The Labute approximate surface area is 164 Å². The molecule has 8 heteroatoms. The van der Waals surface area contributed by atoms with Crippen LogP contribution in [-0.2, 0) is 9.47 Å². The molecule has 26 heavy (non-hydrogen) atoms. The summed E-state index contributed by atoms with van der Waals surface area (Å²) >= 11 is 8.19. The number of thioether (sulfide) groups is 1. The predicted octanol–water partition coefficient (Wildman–Crippen LogP) is 3.16. The maximum Gasteiger partial charge on any atom is 0.166 e. The zero-order valence-electron chi connectivity index (χ0n) is 15.4. The number of ether oxygens (including phenoxy) is 2. The Bertz CT molecular complexity index is 698. The maximum absolute atomic E-state index is 6.53. The number of aromatic amines is 1. The molecule has 2 heterocycles. The van der Waals surface area contributed by atoms with Crippen LogP contribution in [0.2, 0.25) is 5.02 Å². The van der Waals surface area contributed by atoms with E-state index in [1.54, 1.807) is 11.8 Å². The van der Waals surface area contributed by atoms with Crippen molar-refractivity contribution in [3.05, 3.63) is 17.2 Å². The van der Waals surface area contributed by atoms with Crippen molar-refractivity contribution < 1.29 is 9.47 Å². The molecule has 1 fully saturated rings. The van der Waals surface area contributed by atoms with E-state index in [2.05, 4.69) is 21.3 Å². The number of fused-ring (bicyclic) bond motifs is 1. The second-order valence-corrected chi connectivity index (χ2v) is 7.85. The van der Waals surface area contributed by atoms with Crippen molar-refractivity contribution in [2.24, 2.45) is 0 Å². The van der Waals surface area contributed by atoms with Gasteiger partial charge in [0.2, 0.25) is 0 Å². The molecule has 6 nitrogen and oxygen atoms in total. The number of anilines is 1. The lowest BCUT2D eigenvalue weighted by molar-refractivity contribution is 0.0990. The molecule has 144 valence electrons. The Morgan fingerprint density at radius 1 is 1.19 bits per heavy atom. The third-order valence-electron chi connectivity index (χ3n) is 4.28. The lowest BCUT2D eigenvalue weighted by Gasteiger charge is -2.30. The van der Waals surface area contributed by atoms with Gasteiger partial charge in [0.1, 0.15) is 0 Å². The summed E-state index contributed by atoms with van der Waals surface area (Å²) in [6.07, 6.45) is 0.